The molecule has 0 unspecified atom stereocenters. The van der Waals surface area contributed by atoms with Crippen molar-refractivity contribution >= 4 is 57.9 Å². The van der Waals surface area contributed by atoms with Crippen molar-refractivity contribution in [1.82, 2.24) is 5.32 Å². The van der Waals surface area contributed by atoms with Gasteiger partial charge in [-0.25, -0.2) is 14.1 Å². The van der Waals surface area contributed by atoms with E-state index in [-0.39, 0.29) is 29.2 Å². The third-order valence-corrected chi connectivity index (χ3v) is 6.48. The molecule has 1 heterocycles. The smallest absolute Gasteiger partial charge is 0.335 e. The minimum absolute atomic E-state index is 0.0556. The number of ether oxygens (including phenoxy) is 1. The number of nitro benzene ring substituents is 1. The Labute approximate surface area is 224 Å². The van der Waals surface area contributed by atoms with Crippen LogP contribution in [0.3, 0.4) is 0 Å². The van der Waals surface area contributed by atoms with Gasteiger partial charge >= 0.3 is 6.03 Å². The molecule has 3 aromatic carbocycles. The Morgan fingerprint density at radius 1 is 1.11 bits per heavy atom. The average Bonchev–Trinajstić information content (AvgIpc) is 2.85. The Morgan fingerprint density at radius 3 is 2.57 bits per heavy atom. The van der Waals surface area contributed by atoms with Gasteiger partial charge in [-0.15, -0.1) is 0 Å². The second kappa shape index (κ2) is 10.9. The quantitative estimate of drug-likeness (QED) is 0.132. The fourth-order valence-electron chi connectivity index (χ4n) is 3.81. The predicted octanol–water partition coefficient (Wildman–Crippen LogP) is 4.99. The summed E-state index contributed by atoms with van der Waals surface area (Å²) in [5.74, 6) is -1.72. The number of hydrogen-bond acceptors (Lipinski definition) is 6. The van der Waals surface area contributed by atoms with Crippen molar-refractivity contribution in [2.24, 2.45) is 0 Å². The lowest BCUT2D eigenvalue weighted by atomic mass is 10.00. The highest BCUT2D eigenvalue weighted by atomic mass is 127. The maximum Gasteiger partial charge on any atom is 0.335 e. The second-order valence-electron chi connectivity index (χ2n) is 7.92. The summed E-state index contributed by atoms with van der Waals surface area (Å²) in [7, 11) is 0. The summed E-state index contributed by atoms with van der Waals surface area (Å²) < 4.78 is 20.8. The molecule has 3 aromatic rings. The Balaban J connectivity index is 1.73. The Morgan fingerprint density at radius 2 is 1.86 bits per heavy atom. The molecule has 1 saturated heterocycles. The van der Waals surface area contributed by atoms with Crippen LogP contribution in [0.4, 0.5) is 20.6 Å². The van der Waals surface area contributed by atoms with Crippen LogP contribution in [0, 0.1) is 19.5 Å². The Hall–Kier alpha value is -4.13. The SMILES string of the molecule is CCOc1cc(/C=C2\C(=O)NC(=O)N(c3cccc([N+](=O)[O-])c3)C2=O)cc(I)c1Cc1ccccc1F. The minimum atomic E-state index is -1.02. The summed E-state index contributed by atoms with van der Waals surface area (Å²) in [4.78, 5) is 49.4. The molecule has 1 fully saturated rings. The largest absolute Gasteiger partial charge is 0.494 e. The van der Waals surface area contributed by atoms with Gasteiger partial charge in [0.1, 0.15) is 17.1 Å². The van der Waals surface area contributed by atoms with Crippen molar-refractivity contribution < 1.29 is 28.4 Å². The van der Waals surface area contributed by atoms with Crippen molar-refractivity contribution in [3.8, 4) is 5.75 Å². The Kier molecular flexibility index (Phi) is 7.62. The van der Waals surface area contributed by atoms with Crippen molar-refractivity contribution in [3.63, 3.8) is 0 Å². The van der Waals surface area contributed by atoms with Gasteiger partial charge in [0.2, 0.25) is 0 Å². The van der Waals surface area contributed by atoms with E-state index in [9.17, 15) is 28.9 Å². The summed E-state index contributed by atoms with van der Waals surface area (Å²) >= 11 is 2.08. The molecule has 4 amide bonds. The molecule has 37 heavy (non-hydrogen) atoms. The third kappa shape index (κ3) is 5.50. The summed E-state index contributed by atoms with van der Waals surface area (Å²) in [5, 5.41) is 13.2. The van der Waals surface area contributed by atoms with E-state index in [0.717, 1.165) is 11.6 Å². The number of amides is 4. The van der Waals surface area contributed by atoms with E-state index in [2.05, 4.69) is 27.9 Å². The van der Waals surface area contributed by atoms with Crippen LogP contribution in [-0.2, 0) is 16.0 Å². The molecule has 1 N–H and O–H groups in total. The summed E-state index contributed by atoms with van der Waals surface area (Å²) in [6.45, 7) is 2.13. The molecule has 11 heteroatoms. The predicted molar refractivity (Wildman–Crippen MR) is 142 cm³/mol. The van der Waals surface area contributed by atoms with Gasteiger partial charge in [-0.05, 0) is 71.0 Å². The standard InChI is InChI=1S/C26H19FIN3O6/c1-2-37-23-12-15(11-22(28)19(23)13-16-6-3-4-9-21(16)27)10-20-24(32)29-26(34)30(25(20)33)17-7-5-8-18(14-17)31(35)36/h3-12,14H,2,13H2,1H3,(H,29,32,34)/b20-10+. The number of urea groups is 1. The zero-order valence-electron chi connectivity index (χ0n) is 19.4. The summed E-state index contributed by atoms with van der Waals surface area (Å²) in [5.41, 5.74) is 0.952. The van der Waals surface area contributed by atoms with E-state index in [0.29, 0.717) is 32.0 Å². The summed E-state index contributed by atoms with van der Waals surface area (Å²) in [6.07, 6.45) is 1.58. The number of hydrogen-bond donors (Lipinski definition) is 1. The van der Waals surface area contributed by atoms with Crippen molar-refractivity contribution in [3.05, 3.63) is 102 Å². The number of carbonyl (C=O) groups is 3. The van der Waals surface area contributed by atoms with Crippen molar-refractivity contribution in [1.29, 1.82) is 0 Å². The first kappa shape index (κ1) is 25.9. The first-order chi connectivity index (χ1) is 17.7. The lowest BCUT2D eigenvalue weighted by molar-refractivity contribution is -0.384. The molecule has 0 aromatic heterocycles. The van der Waals surface area contributed by atoms with Crippen LogP contribution in [0.5, 0.6) is 5.75 Å². The first-order valence-electron chi connectivity index (χ1n) is 11.0. The molecular weight excluding hydrogens is 596 g/mol. The third-order valence-electron chi connectivity index (χ3n) is 5.51. The number of non-ortho nitro benzene ring substituents is 1. The highest BCUT2D eigenvalue weighted by Crippen LogP contribution is 2.31. The molecule has 9 nitrogen and oxygen atoms in total. The molecular formula is C26H19FIN3O6. The number of anilines is 1. The molecule has 1 aliphatic rings. The number of barbiturate groups is 1. The molecule has 0 radical (unpaired) electrons. The molecule has 0 bridgehead atoms. The van der Waals surface area contributed by atoms with E-state index >= 15 is 0 Å². The number of benzene rings is 3. The van der Waals surface area contributed by atoms with E-state index in [1.807, 2.05) is 0 Å². The zero-order valence-corrected chi connectivity index (χ0v) is 21.5. The molecule has 1 aliphatic heterocycles. The zero-order chi connectivity index (χ0) is 26.7. The van der Waals surface area contributed by atoms with E-state index in [1.165, 1.54) is 30.3 Å². The van der Waals surface area contributed by atoms with Crippen LogP contribution in [0.15, 0.2) is 66.2 Å². The number of imide groups is 2. The Bertz CT molecular complexity index is 1470. The van der Waals surface area contributed by atoms with Crippen LogP contribution >= 0.6 is 22.6 Å². The van der Waals surface area contributed by atoms with Crippen molar-refractivity contribution in [2.45, 2.75) is 13.3 Å². The molecule has 4 rings (SSSR count). The molecule has 0 spiro atoms. The number of carbonyl (C=O) groups excluding carboxylic acids is 3. The van der Waals surface area contributed by atoms with Gasteiger partial charge in [-0.2, -0.15) is 0 Å². The van der Waals surface area contributed by atoms with Crippen LogP contribution in [0.2, 0.25) is 0 Å². The number of nitrogens with zero attached hydrogens (tertiary/aromatic N) is 2. The lowest BCUT2D eigenvalue weighted by Gasteiger charge is -2.26. The normalized spacial score (nSPS) is 14.6. The van der Waals surface area contributed by atoms with Gasteiger partial charge in [-0.1, -0.05) is 24.3 Å². The van der Waals surface area contributed by atoms with Gasteiger partial charge < -0.3 is 4.74 Å². The lowest BCUT2D eigenvalue weighted by Crippen LogP contribution is -2.54. The van der Waals surface area contributed by atoms with Crippen LogP contribution in [0.25, 0.3) is 6.08 Å². The van der Waals surface area contributed by atoms with Gasteiger partial charge in [0.15, 0.2) is 0 Å². The molecule has 188 valence electrons. The van der Waals surface area contributed by atoms with Crippen LogP contribution in [-0.4, -0.2) is 29.4 Å². The van der Waals surface area contributed by atoms with Crippen LogP contribution < -0.4 is 15.0 Å². The van der Waals surface area contributed by atoms with Crippen molar-refractivity contribution in [2.75, 3.05) is 11.5 Å². The maximum absolute atomic E-state index is 14.3. The monoisotopic (exact) mass is 615 g/mol. The average molecular weight is 615 g/mol. The van der Waals surface area contributed by atoms with Crippen LogP contribution in [0.1, 0.15) is 23.6 Å². The molecule has 0 saturated carbocycles. The number of halogens is 2. The highest BCUT2D eigenvalue weighted by Gasteiger charge is 2.37. The number of nitro groups is 1. The van der Waals surface area contributed by atoms with E-state index < -0.39 is 22.8 Å². The topological polar surface area (TPSA) is 119 Å². The van der Waals surface area contributed by atoms with E-state index in [4.69, 9.17) is 4.74 Å². The molecule has 0 atom stereocenters. The first-order valence-corrected chi connectivity index (χ1v) is 12.1. The summed E-state index contributed by atoms with van der Waals surface area (Å²) in [6, 6.07) is 13.7. The van der Waals surface area contributed by atoms with Gasteiger partial charge in [0, 0.05) is 27.7 Å². The molecule has 0 aliphatic carbocycles. The number of rotatable bonds is 7. The van der Waals surface area contributed by atoms with Gasteiger partial charge in [0.05, 0.1) is 17.2 Å². The fraction of sp³-hybridized carbons (Fsp3) is 0.115. The fourth-order valence-corrected chi connectivity index (χ4v) is 4.62. The maximum atomic E-state index is 14.3. The number of nitrogens with one attached hydrogen (secondary N) is 1. The van der Waals surface area contributed by atoms with Gasteiger partial charge in [0.25, 0.3) is 17.5 Å². The minimum Gasteiger partial charge on any atom is -0.494 e. The van der Waals surface area contributed by atoms with E-state index in [1.54, 1.807) is 37.3 Å². The van der Waals surface area contributed by atoms with Gasteiger partial charge in [-0.3, -0.25) is 25.0 Å². The second-order valence-corrected chi connectivity index (χ2v) is 9.08. The highest BCUT2D eigenvalue weighted by molar-refractivity contribution is 14.1.